The summed E-state index contributed by atoms with van der Waals surface area (Å²) in [4.78, 5) is 165. The maximum atomic E-state index is 15.3. The zero-order valence-electron chi connectivity index (χ0n) is 56.8. The molecule has 0 bridgehead atoms. The molecule has 4 aromatic rings. The third kappa shape index (κ3) is 24.8. The Labute approximate surface area is 567 Å². The fourth-order valence-electron chi connectivity index (χ4n) is 10.5. The summed E-state index contributed by atoms with van der Waals surface area (Å²) in [7, 11) is 10.0. The molecular weight excluding hydrogens is 1250 g/mol. The van der Waals surface area contributed by atoms with E-state index in [-0.39, 0.29) is 68.1 Å². The molecule has 1 aliphatic rings. The number of hydrogen-bond acceptors (Lipinski definition) is 15. The van der Waals surface area contributed by atoms with Gasteiger partial charge < -0.3 is 61.6 Å². The smallest absolute Gasteiger partial charge is 0.329 e. The molecule has 10 amide bonds. The molecule has 516 valence electrons. The van der Waals surface area contributed by atoms with E-state index in [0.717, 1.165) is 14.7 Å². The van der Waals surface area contributed by atoms with Gasteiger partial charge in [-0.05, 0) is 67.7 Å². The molecule has 5 rings (SSSR count). The van der Waals surface area contributed by atoms with E-state index in [1.54, 1.807) is 132 Å². The number of nitrogens with zero attached hydrogens (tertiary/aromatic N) is 5. The lowest BCUT2D eigenvalue weighted by atomic mass is 9.98. The number of rotatable bonds is 19. The highest BCUT2D eigenvalue weighted by atomic mass is 33.1. The minimum atomic E-state index is -1.40. The predicted octanol–water partition coefficient (Wildman–Crippen LogP) is 4.10. The first-order valence-corrected chi connectivity index (χ1v) is 34.4. The Morgan fingerprint density at radius 3 is 1.52 bits per heavy atom. The van der Waals surface area contributed by atoms with E-state index >= 15 is 14.4 Å². The van der Waals surface area contributed by atoms with Crippen LogP contribution in [0.1, 0.15) is 96.4 Å². The molecular formula is C70H97N11O12S2. The highest BCUT2D eigenvalue weighted by Crippen LogP contribution is 2.35. The van der Waals surface area contributed by atoms with Crippen molar-refractivity contribution in [3.63, 3.8) is 0 Å². The summed E-state index contributed by atoms with van der Waals surface area (Å²) < 4.78 is 5.63. The minimum Gasteiger partial charge on any atom is -0.454 e. The van der Waals surface area contributed by atoms with Gasteiger partial charge in [0.2, 0.25) is 53.2 Å². The Morgan fingerprint density at radius 1 is 0.558 bits per heavy atom. The minimum absolute atomic E-state index is 0.00929. The van der Waals surface area contributed by atoms with Crippen molar-refractivity contribution in [2.75, 3.05) is 60.7 Å². The van der Waals surface area contributed by atoms with Crippen molar-refractivity contribution in [1.82, 2.24) is 51.1 Å². The second kappa shape index (κ2) is 37.7. The molecule has 1 aliphatic heterocycles. The molecule has 1 heterocycles. The van der Waals surface area contributed by atoms with Crippen LogP contribution in [0.3, 0.4) is 0 Å². The monoisotopic (exact) mass is 1350 g/mol. The van der Waals surface area contributed by atoms with Crippen LogP contribution in [0, 0.1) is 5.92 Å². The Morgan fingerprint density at radius 2 is 1.01 bits per heavy atom. The molecule has 1 saturated heterocycles. The van der Waals surface area contributed by atoms with Gasteiger partial charge in [0.1, 0.15) is 48.3 Å². The highest BCUT2D eigenvalue weighted by molar-refractivity contribution is 8.77. The number of nitrogens with two attached hydrogens (primary N) is 1. The zero-order valence-corrected chi connectivity index (χ0v) is 58.5. The predicted molar refractivity (Wildman–Crippen MR) is 369 cm³/mol. The van der Waals surface area contributed by atoms with E-state index in [4.69, 9.17) is 10.5 Å². The molecule has 0 aromatic heterocycles. The number of cyclic esters (lactones) is 1. The van der Waals surface area contributed by atoms with Gasteiger partial charge in [0.25, 0.3) is 5.91 Å². The summed E-state index contributed by atoms with van der Waals surface area (Å²) >= 11 is 0. The van der Waals surface area contributed by atoms with Crippen LogP contribution < -0.4 is 32.3 Å². The number of carbonyl (C=O) groups excluding carboxylic acids is 11. The quantitative estimate of drug-likeness (QED) is 0.0438. The Bertz CT molecular complexity index is 3220. The van der Waals surface area contributed by atoms with Gasteiger partial charge in [-0.15, -0.1) is 0 Å². The lowest BCUT2D eigenvalue weighted by Crippen LogP contribution is -2.60. The second-order valence-electron chi connectivity index (χ2n) is 25.6. The summed E-state index contributed by atoms with van der Waals surface area (Å²) in [6.45, 7) is 11.5. The molecule has 9 atom stereocenters. The van der Waals surface area contributed by atoms with Crippen LogP contribution in [0.2, 0.25) is 0 Å². The topological polar surface area (TPSA) is 299 Å². The van der Waals surface area contributed by atoms with Gasteiger partial charge in [0.15, 0.2) is 6.61 Å². The summed E-state index contributed by atoms with van der Waals surface area (Å²) in [5.74, 6) is -7.73. The lowest BCUT2D eigenvalue weighted by Gasteiger charge is -2.35. The summed E-state index contributed by atoms with van der Waals surface area (Å²) in [6.07, 6.45) is 0.463. The standard InChI is InChI=1S/C70H97N11O12S2/c1-45(2)37-56-64(87)75-54(38-48-27-17-13-18-28-48)67(90)77(8)42-59(82)79(10)57(40-50-31-21-15-22-32-50)63(86)73-46(3)66(89)78(9)47(4)61(84)76-55(39-49-29-19-14-20-30-49)69(92)93-43-60(83)80(11)58(41-51-33-23-16-24-34-51)65(88)74-53(68(91)81(56)12)35-25-26-36-72-62(85)52(71)44-94-95-70(5,6)7/h13-24,27-34,45-47,52-58H,25-26,35-44,71H2,1-12H3,(H,72,85)(H,73,86)(H,74,88)(H,75,87)(H,76,84)/t46-,47-,52-,53-,54-,55+,56?,57-,58?/m0/s1. The molecule has 23 nitrogen and oxygen atoms in total. The van der Waals surface area contributed by atoms with Crippen LogP contribution in [0.25, 0.3) is 0 Å². The first-order valence-electron chi connectivity index (χ1n) is 32.1. The molecule has 0 radical (unpaired) electrons. The number of carbonyl (C=O) groups is 11. The van der Waals surface area contributed by atoms with Gasteiger partial charge in [-0.25, -0.2) is 4.79 Å². The van der Waals surface area contributed by atoms with Crippen molar-refractivity contribution in [3.8, 4) is 0 Å². The van der Waals surface area contributed by atoms with Gasteiger partial charge in [-0.1, -0.05) is 178 Å². The fraction of sp³-hybridized carbons (Fsp3) is 0.500. The van der Waals surface area contributed by atoms with Crippen LogP contribution >= 0.6 is 21.6 Å². The molecule has 1 fully saturated rings. The molecule has 2 unspecified atom stereocenters. The number of amides is 10. The maximum absolute atomic E-state index is 15.3. The molecule has 0 saturated carbocycles. The molecule has 7 N–H and O–H groups in total. The Kier molecular flexibility index (Phi) is 30.7. The van der Waals surface area contributed by atoms with Crippen LogP contribution in [-0.4, -0.2) is 209 Å². The average molecular weight is 1350 g/mol. The van der Waals surface area contributed by atoms with Gasteiger partial charge in [-0.3, -0.25) is 47.9 Å². The van der Waals surface area contributed by atoms with Crippen LogP contribution in [0.15, 0.2) is 121 Å². The number of hydrogen-bond donors (Lipinski definition) is 6. The first kappa shape index (κ1) is 77.4. The highest BCUT2D eigenvalue weighted by Gasteiger charge is 2.39. The molecule has 95 heavy (non-hydrogen) atoms. The lowest BCUT2D eigenvalue weighted by molar-refractivity contribution is -0.156. The summed E-state index contributed by atoms with van der Waals surface area (Å²) in [6, 6.07) is 24.1. The number of likely N-dealkylation sites (N-methyl/N-ethyl adjacent to an activating group) is 5. The van der Waals surface area contributed by atoms with Crippen molar-refractivity contribution < 1.29 is 57.5 Å². The third-order valence-electron chi connectivity index (χ3n) is 16.3. The van der Waals surface area contributed by atoms with Crippen LogP contribution in [0.5, 0.6) is 0 Å². The van der Waals surface area contributed by atoms with E-state index in [2.05, 4.69) is 47.4 Å². The number of esters is 1. The number of benzene rings is 4. The summed E-state index contributed by atoms with van der Waals surface area (Å²) in [5.41, 5.74) is 8.82. The Hall–Kier alpha value is -8.29. The van der Waals surface area contributed by atoms with Gasteiger partial charge in [0, 0.05) is 78.0 Å². The molecule has 0 spiro atoms. The fourth-order valence-corrected chi connectivity index (χ4v) is 12.9. The van der Waals surface area contributed by atoms with E-state index in [1.165, 1.54) is 69.7 Å². The van der Waals surface area contributed by atoms with Crippen molar-refractivity contribution in [3.05, 3.63) is 144 Å². The van der Waals surface area contributed by atoms with E-state index < -0.39 is 127 Å². The largest absolute Gasteiger partial charge is 0.454 e. The summed E-state index contributed by atoms with van der Waals surface area (Å²) in [5, 5.41) is 14.1. The van der Waals surface area contributed by atoms with Crippen molar-refractivity contribution in [1.29, 1.82) is 0 Å². The van der Waals surface area contributed by atoms with E-state index in [1.807, 2.05) is 13.8 Å². The molecule has 0 aliphatic carbocycles. The van der Waals surface area contributed by atoms with Gasteiger partial charge in [-0.2, -0.15) is 0 Å². The average Bonchev–Trinajstić information content (AvgIpc) is 0.860. The third-order valence-corrected chi connectivity index (χ3v) is 19.7. The number of unbranched alkanes of at least 4 members (excludes halogenated alkanes) is 1. The van der Waals surface area contributed by atoms with E-state index in [0.29, 0.717) is 34.4 Å². The second-order valence-corrected chi connectivity index (χ2v) is 28.8. The van der Waals surface area contributed by atoms with Crippen LogP contribution in [-0.2, 0) is 83.2 Å². The number of ether oxygens (including phenoxy) is 1. The maximum Gasteiger partial charge on any atom is 0.329 e. The number of nitrogens with one attached hydrogen (secondary N) is 5. The first-order chi connectivity index (χ1) is 45.0. The molecule has 4 aromatic carbocycles. The van der Waals surface area contributed by atoms with Gasteiger partial charge >= 0.3 is 5.97 Å². The SMILES string of the molecule is CC(C)CC1C(=O)N[C@@H](Cc2ccccc2)C(=O)N(C)CC(=O)N(C)[C@@H](Cc2ccccc2)C(=O)N[C@@H](C)C(=O)N(C)[C@@H](C)C(=O)N[C@H](Cc2ccccc2)C(=O)OCC(=O)N(C)C(Cc2ccccc2)C(=O)N[C@@H](CCCCNC(=O)[C@@H](N)CSSC(C)(C)C)C(=O)N1C. The van der Waals surface area contributed by atoms with Gasteiger partial charge in [0.05, 0.1) is 12.6 Å². The van der Waals surface area contributed by atoms with E-state index in [9.17, 15) is 38.4 Å². The molecule has 25 heteroatoms. The zero-order chi connectivity index (χ0) is 70.1. The van der Waals surface area contributed by atoms with Crippen LogP contribution in [0.4, 0.5) is 0 Å². The Balaban J connectivity index is 1.58. The van der Waals surface area contributed by atoms with Crippen molar-refractivity contribution in [2.45, 2.75) is 159 Å². The van der Waals surface area contributed by atoms with Crippen molar-refractivity contribution >= 4 is 86.6 Å². The van der Waals surface area contributed by atoms with Crippen molar-refractivity contribution in [2.24, 2.45) is 11.7 Å². The normalized spacial score (nSPS) is 22.4.